The highest BCUT2D eigenvalue weighted by atomic mass is 79.9. The maximum absolute atomic E-state index is 12.2. The van der Waals surface area contributed by atoms with Crippen molar-refractivity contribution in [1.82, 2.24) is 0 Å². The second-order valence-corrected chi connectivity index (χ2v) is 7.36. The lowest BCUT2D eigenvalue weighted by atomic mass is 10.3. The maximum atomic E-state index is 12.2. The third-order valence-electron chi connectivity index (χ3n) is 2.92. The smallest absolute Gasteiger partial charge is 0.269 e. The summed E-state index contributed by atoms with van der Waals surface area (Å²) < 4.78 is 0.828. The van der Waals surface area contributed by atoms with Gasteiger partial charge in [-0.15, -0.1) is 11.8 Å². The summed E-state index contributed by atoms with van der Waals surface area (Å²) >= 11 is 10.7. The zero-order valence-corrected chi connectivity index (χ0v) is 15.1. The fourth-order valence-corrected chi connectivity index (χ4v) is 3.32. The minimum absolute atomic E-state index is 0.0214. The van der Waals surface area contributed by atoms with Crippen LogP contribution in [-0.4, -0.2) is 16.1 Å². The number of nitrogens with one attached hydrogen (secondary N) is 1. The van der Waals surface area contributed by atoms with Gasteiger partial charge in [-0.2, -0.15) is 0 Å². The van der Waals surface area contributed by atoms with E-state index in [4.69, 9.17) is 11.6 Å². The Hall–Kier alpha value is -1.57. The molecule has 0 heterocycles. The van der Waals surface area contributed by atoms with E-state index in [2.05, 4.69) is 21.2 Å². The molecule has 2 aromatic rings. The van der Waals surface area contributed by atoms with Crippen LogP contribution >= 0.6 is 39.3 Å². The van der Waals surface area contributed by atoms with E-state index in [1.54, 1.807) is 37.3 Å². The number of thioether (sulfide) groups is 1. The van der Waals surface area contributed by atoms with Crippen molar-refractivity contribution >= 4 is 56.6 Å². The predicted molar refractivity (Wildman–Crippen MR) is 96.2 cm³/mol. The number of nitrogens with zero attached hydrogens (tertiary/aromatic N) is 1. The van der Waals surface area contributed by atoms with Gasteiger partial charge in [0.25, 0.3) is 5.69 Å². The topological polar surface area (TPSA) is 72.2 Å². The summed E-state index contributed by atoms with van der Waals surface area (Å²) in [6.45, 7) is 1.76. The maximum Gasteiger partial charge on any atom is 0.269 e. The van der Waals surface area contributed by atoms with Crippen LogP contribution < -0.4 is 5.32 Å². The van der Waals surface area contributed by atoms with Crippen molar-refractivity contribution < 1.29 is 9.72 Å². The van der Waals surface area contributed by atoms with Gasteiger partial charge in [-0.3, -0.25) is 14.9 Å². The molecule has 120 valence electrons. The highest BCUT2D eigenvalue weighted by Crippen LogP contribution is 2.29. The number of amides is 1. The minimum Gasteiger partial charge on any atom is -0.324 e. The van der Waals surface area contributed by atoms with Crippen molar-refractivity contribution in [3.63, 3.8) is 0 Å². The Kier molecular flexibility index (Phi) is 6.04. The fraction of sp³-hybridized carbons (Fsp3) is 0.133. The van der Waals surface area contributed by atoms with Crippen LogP contribution in [0, 0.1) is 10.1 Å². The lowest BCUT2D eigenvalue weighted by molar-refractivity contribution is -0.384. The number of hydrogen-bond acceptors (Lipinski definition) is 4. The van der Waals surface area contributed by atoms with Gasteiger partial charge in [0.1, 0.15) is 0 Å². The van der Waals surface area contributed by atoms with Crippen LogP contribution in [0.4, 0.5) is 11.4 Å². The molecule has 0 aliphatic carbocycles. The molecule has 0 saturated heterocycles. The minimum atomic E-state index is -0.458. The van der Waals surface area contributed by atoms with Gasteiger partial charge in [0.2, 0.25) is 5.91 Å². The molecule has 0 fully saturated rings. The number of anilines is 1. The molecule has 1 unspecified atom stereocenters. The summed E-state index contributed by atoms with van der Waals surface area (Å²) in [5, 5.41) is 13.5. The third-order valence-corrected chi connectivity index (χ3v) is 4.84. The lowest BCUT2D eigenvalue weighted by Gasteiger charge is -2.13. The van der Waals surface area contributed by atoms with Crippen LogP contribution in [-0.2, 0) is 4.79 Å². The van der Waals surface area contributed by atoms with Crippen molar-refractivity contribution in [3.05, 3.63) is 62.1 Å². The van der Waals surface area contributed by atoms with Gasteiger partial charge >= 0.3 is 0 Å². The SMILES string of the molecule is CC(Sc1ccc([N+](=O)[O-])cc1)C(=O)Nc1ccc(Br)cc1Cl. The quantitative estimate of drug-likeness (QED) is 0.417. The van der Waals surface area contributed by atoms with Crippen LogP contribution in [0.3, 0.4) is 0 Å². The van der Waals surface area contributed by atoms with E-state index in [9.17, 15) is 14.9 Å². The predicted octanol–water partition coefficient (Wildman–Crippen LogP) is 5.13. The second kappa shape index (κ2) is 7.81. The molecule has 5 nitrogen and oxygen atoms in total. The molecule has 0 aliphatic rings. The van der Waals surface area contributed by atoms with E-state index in [0.717, 1.165) is 9.37 Å². The first-order valence-electron chi connectivity index (χ1n) is 6.54. The zero-order valence-electron chi connectivity index (χ0n) is 12.0. The van der Waals surface area contributed by atoms with Crippen molar-refractivity contribution in [1.29, 1.82) is 0 Å². The van der Waals surface area contributed by atoms with Crippen molar-refractivity contribution in [2.45, 2.75) is 17.1 Å². The molecule has 0 spiro atoms. The summed E-state index contributed by atoms with van der Waals surface area (Å²) in [4.78, 5) is 23.2. The molecule has 0 aromatic heterocycles. The van der Waals surface area contributed by atoms with Crippen LogP contribution in [0.15, 0.2) is 51.8 Å². The Bertz CT molecular complexity index is 740. The summed E-state index contributed by atoms with van der Waals surface area (Å²) in [6, 6.07) is 11.3. The van der Waals surface area contributed by atoms with Crippen molar-refractivity contribution in [2.75, 3.05) is 5.32 Å². The van der Waals surface area contributed by atoms with E-state index in [-0.39, 0.29) is 16.8 Å². The van der Waals surface area contributed by atoms with Crippen molar-refractivity contribution in [3.8, 4) is 0 Å². The first-order valence-corrected chi connectivity index (χ1v) is 8.59. The first-order chi connectivity index (χ1) is 10.9. The number of nitro groups is 1. The Balaban J connectivity index is 2.00. The van der Waals surface area contributed by atoms with E-state index in [0.29, 0.717) is 10.7 Å². The molecule has 8 heteroatoms. The third kappa shape index (κ3) is 4.95. The standard InChI is InChI=1S/C15H12BrClN2O3S/c1-9(23-12-5-3-11(4-6-12)19(21)22)15(20)18-14-7-2-10(16)8-13(14)17/h2-9H,1H3,(H,18,20). The number of halogens is 2. The largest absolute Gasteiger partial charge is 0.324 e. The van der Waals surface area contributed by atoms with E-state index in [1.165, 1.54) is 23.9 Å². The molecular weight excluding hydrogens is 404 g/mol. The van der Waals surface area contributed by atoms with E-state index >= 15 is 0 Å². The number of nitro benzene ring substituents is 1. The lowest BCUT2D eigenvalue weighted by Crippen LogP contribution is -2.22. The monoisotopic (exact) mass is 414 g/mol. The number of carbonyl (C=O) groups is 1. The van der Waals surface area contributed by atoms with Gasteiger partial charge in [-0.25, -0.2) is 0 Å². The molecular formula is C15H12BrClN2O3S. The molecule has 0 radical (unpaired) electrons. The number of hydrogen-bond donors (Lipinski definition) is 1. The van der Waals surface area contributed by atoms with Gasteiger partial charge in [-0.05, 0) is 37.3 Å². The summed E-state index contributed by atoms with van der Waals surface area (Å²) in [6.07, 6.45) is 0. The van der Waals surface area contributed by atoms with Gasteiger partial charge in [-0.1, -0.05) is 27.5 Å². The molecule has 1 amide bonds. The molecule has 0 aliphatic heterocycles. The zero-order chi connectivity index (χ0) is 17.0. The molecule has 0 saturated carbocycles. The molecule has 1 atom stereocenters. The van der Waals surface area contributed by atoms with Crippen LogP contribution in [0.2, 0.25) is 5.02 Å². The van der Waals surface area contributed by atoms with Gasteiger partial charge in [0, 0.05) is 21.5 Å². The first kappa shape index (κ1) is 17.8. The Morgan fingerprint density at radius 1 is 1.30 bits per heavy atom. The normalized spacial score (nSPS) is 11.8. The van der Waals surface area contributed by atoms with Crippen LogP contribution in [0.1, 0.15) is 6.92 Å². The summed E-state index contributed by atoms with van der Waals surface area (Å²) in [7, 11) is 0. The van der Waals surface area contributed by atoms with Gasteiger partial charge < -0.3 is 5.32 Å². The molecule has 2 aromatic carbocycles. The number of benzene rings is 2. The van der Waals surface area contributed by atoms with Crippen LogP contribution in [0.25, 0.3) is 0 Å². The Morgan fingerprint density at radius 3 is 2.52 bits per heavy atom. The highest BCUT2D eigenvalue weighted by molar-refractivity contribution is 9.10. The molecule has 2 rings (SSSR count). The number of non-ortho nitro benzene ring substituents is 1. The van der Waals surface area contributed by atoms with E-state index in [1.807, 2.05) is 0 Å². The number of rotatable bonds is 5. The highest BCUT2D eigenvalue weighted by Gasteiger charge is 2.16. The Labute approximate surface area is 150 Å². The fourth-order valence-electron chi connectivity index (χ4n) is 1.73. The van der Waals surface area contributed by atoms with Gasteiger partial charge in [0.15, 0.2) is 0 Å². The molecule has 1 N–H and O–H groups in total. The molecule has 0 bridgehead atoms. The summed E-state index contributed by atoms with van der Waals surface area (Å²) in [5.74, 6) is -0.197. The Morgan fingerprint density at radius 2 is 1.96 bits per heavy atom. The molecule has 23 heavy (non-hydrogen) atoms. The summed E-state index contributed by atoms with van der Waals surface area (Å²) in [5.41, 5.74) is 0.559. The van der Waals surface area contributed by atoms with Gasteiger partial charge in [0.05, 0.1) is 20.9 Å². The van der Waals surface area contributed by atoms with Crippen LogP contribution in [0.5, 0.6) is 0 Å². The number of carbonyl (C=O) groups excluding carboxylic acids is 1. The average molecular weight is 416 g/mol. The average Bonchev–Trinajstić information content (AvgIpc) is 2.50. The van der Waals surface area contributed by atoms with E-state index < -0.39 is 4.92 Å². The second-order valence-electron chi connectivity index (χ2n) is 4.62. The van der Waals surface area contributed by atoms with Crippen molar-refractivity contribution in [2.24, 2.45) is 0 Å².